The van der Waals surface area contributed by atoms with Crippen molar-refractivity contribution in [2.24, 2.45) is 0 Å². The Bertz CT molecular complexity index is 671. The predicted octanol–water partition coefficient (Wildman–Crippen LogP) is 1.99. The van der Waals surface area contributed by atoms with Gasteiger partial charge in [-0.05, 0) is 6.42 Å². The van der Waals surface area contributed by atoms with E-state index in [4.69, 9.17) is 5.73 Å². The average molecular weight is 283 g/mol. The molecule has 0 saturated heterocycles. The molecule has 106 valence electrons. The molecule has 1 aromatic heterocycles. The lowest BCUT2D eigenvalue weighted by atomic mass is 10.2. The molecule has 0 aliphatic rings. The molecule has 2 rings (SSSR count). The van der Waals surface area contributed by atoms with Crippen LogP contribution in [0.1, 0.15) is 19.0 Å². The molecule has 1 aromatic carbocycles. The van der Waals surface area contributed by atoms with Crippen molar-refractivity contribution in [1.82, 2.24) is 15.0 Å². The molecule has 2 N–H and O–H groups in total. The molecule has 0 atom stereocenters. The molecule has 7 nitrogen and oxygen atoms in total. The molecule has 2 aromatic rings. The summed E-state index contributed by atoms with van der Waals surface area (Å²) in [6, 6.07) is 1.22. The van der Waals surface area contributed by atoms with Gasteiger partial charge in [0, 0.05) is 12.1 Å². The normalized spacial score (nSPS) is 10.8. The number of halogens is 2. The second-order valence-corrected chi connectivity index (χ2v) is 4.10. The summed E-state index contributed by atoms with van der Waals surface area (Å²) in [5.74, 6) is -2.12. The van der Waals surface area contributed by atoms with Crippen LogP contribution in [0.5, 0.6) is 0 Å². The quantitative estimate of drug-likeness (QED) is 0.683. The summed E-state index contributed by atoms with van der Waals surface area (Å²) in [5, 5.41) is 18.0. The van der Waals surface area contributed by atoms with E-state index >= 15 is 0 Å². The van der Waals surface area contributed by atoms with Crippen LogP contribution in [0.4, 0.5) is 20.3 Å². The number of nitro benzene ring substituents is 1. The van der Waals surface area contributed by atoms with E-state index in [1.165, 1.54) is 0 Å². The van der Waals surface area contributed by atoms with Crippen LogP contribution in [0.25, 0.3) is 5.69 Å². The van der Waals surface area contributed by atoms with E-state index in [-0.39, 0.29) is 11.5 Å². The third-order valence-corrected chi connectivity index (χ3v) is 2.72. The van der Waals surface area contributed by atoms with Crippen molar-refractivity contribution >= 4 is 11.5 Å². The predicted molar refractivity (Wildman–Crippen MR) is 66.3 cm³/mol. The number of hydrogen-bond donors (Lipinski definition) is 1. The molecular weight excluding hydrogens is 272 g/mol. The zero-order valence-electron chi connectivity index (χ0n) is 10.5. The van der Waals surface area contributed by atoms with Gasteiger partial charge < -0.3 is 5.73 Å². The summed E-state index contributed by atoms with van der Waals surface area (Å²) >= 11 is 0. The molecule has 0 fully saturated rings. The van der Waals surface area contributed by atoms with Crippen molar-refractivity contribution in [3.05, 3.63) is 39.6 Å². The van der Waals surface area contributed by atoms with Gasteiger partial charge in [-0.2, -0.15) is 4.39 Å². The summed E-state index contributed by atoms with van der Waals surface area (Å²) in [7, 11) is 0. The maximum atomic E-state index is 13.8. The molecular formula is C11H11F2N5O2. The van der Waals surface area contributed by atoms with E-state index in [0.717, 1.165) is 10.7 Å². The van der Waals surface area contributed by atoms with Crippen LogP contribution in [0.15, 0.2) is 12.1 Å². The third-order valence-electron chi connectivity index (χ3n) is 2.72. The minimum absolute atomic E-state index is 0.109. The lowest BCUT2D eigenvalue weighted by molar-refractivity contribution is -0.387. The van der Waals surface area contributed by atoms with Crippen molar-refractivity contribution in [2.75, 3.05) is 5.73 Å². The average Bonchev–Trinajstić information content (AvgIpc) is 2.72. The van der Waals surface area contributed by atoms with Crippen molar-refractivity contribution in [1.29, 1.82) is 0 Å². The highest BCUT2D eigenvalue weighted by molar-refractivity contribution is 5.48. The molecule has 0 unspecified atom stereocenters. The Morgan fingerprint density at radius 2 is 2.10 bits per heavy atom. The lowest BCUT2D eigenvalue weighted by Crippen LogP contribution is -2.07. The molecule has 0 amide bonds. The maximum Gasteiger partial charge on any atom is 0.307 e. The number of rotatable bonds is 4. The second-order valence-electron chi connectivity index (χ2n) is 4.10. The number of nitro groups is 1. The standard InChI is InChI=1S/C11H11F2N5O2/c1-2-3-8-11(14)15-16-17(8)9-5-10(18(19)20)7(13)4-6(9)12/h4-5H,2-3,14H2,1H3. The summed E-state index contributed by atoms with van der Waals surface area (Å²) < 4.78 is 28.2. The molecule has 9 heteroatoms. The first-order chi connectivity index (χ1) is 9.45. The van der Waals surface area contributed by atoms with Crippen LogP contribution < -0.4 is 5.73 Å². The largest absolute Gasteiger partial charge is 0.381 e. The van der Waals surface area contributed by atoms with Crippen LogP contribution in [0.2, 0.25) is 0 Å². The fourth-order valence-corrected chi connectivity index (χ4v) is 1.81. The first-order valence-corrected chi connectivity index (χ1v) is 5.79. The zero-order valence-corrected chi connectivity index (χ0v) is 10.5. The summed E-state index contributed by atoms with van der Waals surface area (Å²) in [6.07, 6.45) is 1.16. The van der Waals surface area contributed by atoms with Gasteiger partial charge in [-0.1, -0.05) is 18.6 Å². The van der Waals surface area contributed by atoms with Crippen LogP contribution in [0.3, 0.4) is 0 Å². The van der Waals surface area contributed by atoms with E-state index < -0.39 is 22.2 Å². The van der Waals surface area contributed by atoms with E-state index in [0.29, 0.717) is 24.6 Å². The Kier molecular flexibility index (Phi) is 3.59. The summed E-state index contributed by atoms with van der Waals surface area (Å²) in [4.78, 5) is 9.77. The lowest BCUT2D eigenvalue weighted by Gasteiger charge is -2.07. The number of nitrogen functional groups attached to an aromatic ring is 1. The van der Waals surface area contributed by atoms with Crippen LogP contribution in [-0.4, -0.2) is 19.9 Å². The molecule has 0 bridgehead atoms. The van der Waals surface area contributed by atoms with Crippen molar-refractivity contribution in [3.63, 3.8) is 0 Å². The van der Waals surface area contributed by atoms with Gasteiger partial charge in [-0.3, -0.25) is 10.1 Å². The minimum Gasteiger partial charge on any atom is -0.381 e. The highest BCUT2D eigenvalue weighted by atomic mass is 19.1. The highest BCUT2D eigenvalue weighted by Crippen LogP contribution is 2.26. The van der Waals surface area contributed by atoms with Crippen LogP contribution in [-0.2, 0) is 6.42 Å². The number of nitrogens with zero attached hydrogens (tertiary/aromatic N) is 4. The van der Waals surface area contributed by atoms with E-state index in [1.807, 2.05) is 6.92 Å². The third kappa shape index (κ3) is 2.29. The van der Waals surface area contributed by atoms with Crippen LogP contribution >= 0.6 is 0 Å². The van der Waals surface area contributed by atoms with Crippen molar-refractivity contribution in [2.45, 2.75) is 19.8 Å². The van der Waals surface area contributed by atoms with Gasteiger partial charge in [0.15, 0.2) is 11.6 Å². The second kappa shape index (κ2) is 5.19. The fourth-order valence-electron chi connectivity index (χ4n) is 1.81. The van der Waals surface area contributed by atoms with Gasteiger partial charge >= 0.3 is 5.69 Å². The molecule has 0 radical (unpaired) electrons. The summed E-state index contributed by atoms with van der Waals surface area (Å²) in [5.41, 5.74) is 4.95. The highest BCUT2D eigenvalue weighted by Gasteiger charge is 2.22. The molecule has 0 aliphatic heterocycles. The van der Waals surface area contributed by atoms with E-state index in [9.17, 15) is 18.9 Å². The molecule has 20 heavy (non-hydrogen) atoms. The molecule has 0 aliphatic carbocycles. The minimum atomic E-state index is -1.25. The number of hydrogen-bond acceptors (Lipinski definition) is 5. The monoisotopic (exact) mass is 283 g/mol. The van der Waals surface area contributed by atoms with E-state index in [1.54, 1.807) is 0 Å². The summed E-state index contributed by atoms with van der Waals surface area (Å²) in [6.45, 7) is 1.88. The smallest absolute Gasteiger partial charge is 0.307 e. The van der Waals surface area contributed by atoms with Gasteiger partial charge in [-0.25, -0.2) is 9.07 Å². The van der Waals surface area contributed by atoms with Crippen molar-refractivity contribution < 1.29 is 13.7 Å². The number of anilines is 1. The Morgan fingerprint density at radius 1 is 1.40 bits per heavy atom. The Hall–Kier alpha value is -2.58. The number of aromatic nitrogens is 3. The van der Waals surface area contributed by atoms with Gasteiger partial charge in [0.1, 0.15) is 5.69 Å². The van der Waals surface area contributed by atoms with Gasteiger partial charge in [0.25, 0.3) is 0 Å². The topological polar surface area (TPSA) is 99.9 Å². The van der Waals surface area contributed by atoms with Gasteiger partial charge in [0.05, 0.1) is 10.6 Å². The molecule has 0 spiro atoms. The van der Waals surface area contributed by atoms with Gasteiger partial charge in [-0.15, -0.1) is 5.10 Å². The van der Waals surface area contributed by atoms with Crippen molar-refractivity contribution in [3.8, 4) is 5.69 Å². The Balaban J connectivity index is 2.63. The van der Waals surface area contributed by atoms with E-state index in [2.05, 4.69) is 10.3 Å². The van der Waals surface area contributed by atoms with Crippen LogP contribution in [0, 0.1) is 21.7 Å². The first-order valence-electron chi connectivity index (χ1n) is 5.79. The fraction of sp³-hybridized carbons (Fsp3) is 0.273. The van der Waals surface area contributed by atoms with Gasteiger partial charge in [0.2, 0.25) is 5.82 Å². The molecule has 1 heterocycles. The zero-order chi connectivity index (χ0) is 14.9. The first kappa shape index (κ1) is 13.8. The SMILES string of the molecule is CCCc1c(N)nnn1-c1cc([N+](=O)[O-])c(F)cc1F. The number of benzene rings is 1. The number of nitrogens with two attached hydrogens (primary N) is 1. The maximum absolute atomic E-state index is 13.8. The Labute approximate surface area is 112 Å². The molecule has 0 saturated carbocycles. The Morgan fingerprint density at radius 3 is 2.70 bits per heavy atom.